The van der Waals surface area contributed by atoms with E-state index >= 15 is 0 Å². The summed E-state index contributed by atoms with van der Waals surface area (Å²) in [6, 6.07) is 5.98. The van der Waals surface area contributed by atoms with Gasteiger partial charge in [-0.1, -0.05) is 18.2 Å². The third-order valence-corrected chi connectivity index (χ3v) is 7.13. The molecule has 2 heterocycles. The Kier molecular flexibility index (Phi) is 10.1. The normalized spacial score (nSPS) is 16.1. The van der Waals surface area contributed by atoms with Crippen molar-refractivity contribution in [1.29, 1.82) is 0 Å². The standard InChI is InChI=1S/C27H38N4O6S/c1-27(2,3)37-26(36)30-22(15-18-16-28-20-8-6-5-7-19(18)20)24(33)31-12-9-17(10-13-31)23(32)29-21(25(34)35)11-14-38-4/h5-8,16-17,21-22,28H,9-15H2,1-4H3,(H,29,32)(H,30,36)(H,34,35). The molecule has 3 rings (SSSR count). The quantitative estimate of drug-likeness (QED) is 0.359. The number of hydrogen-bond donors (Lipinski definition) is 4. The number of aliphatic carboxylic acids is 1. The summed E-state index contributed by atoms with van der Waals surface area (Å²) in [4.78, 5) is 55.3. The molecule has 1 aliphatic heterocycles. The fourth-order valence-electron chi connectivity index (χ4n) is 4.54. The summed E-state index contributed by atoms with van der Waals surface area (Å²) in [5.74, 6) is -1.34. The summed E-state index contributed by atoms with van der Waals surface area (Å²) >= 11 is 1.53. The Hall–Kier alpha value is -3.21. The predicted octanol–water partition coefficient (Wildman–Crippen LogP) is 3.16. The molecular formula is C27H38N4O6S. The van der Waals surface area contributed by atoms with Crippen molar-refractivity contribution in [2.75, 3.05) is 25.1 Å². The van der Waals surface area contributed by atoms with Crippen LogP contribution >= 0.6 is 11.8 Å². The smallest absolute Gasteiger partial charge is 0.408 e. The van der Waals surface area contributed by atoms with Crippen LogP contribution in [-0.2, 0) is 25.5 Å². The molecule has 2 aromatic rings. The number of carbonyl (C=O) groups is 4. The van der Waals surface area contributed by atoms with Crippen molar-refractivity contribution in [2.24, 2.45) is 5.92 Å². The number of carbonyl (C=O) groups excluding carboxylic acids is 3. The molecule has 0 bridgehead atoms. The lowest BCUT2D eigenvalue weighted by atomic mass is 9.94. The van der Waals surface area contributed by atoms with Gasteiger partial charge in [-0.2, -0.15) is 11.8 Å². The van der Waals surface area contributed by atoms with Crippen LogP contribution in [0.4, 0.5) is 4.79 Å². The highest BCUT2D eigenvalue weighted by Gasteiger charge is 2.34. The molecule has 0 saturated carbocycles. The molecule has 208 valence electrons. The molecule has 1 aromatic carbocycles. The number of thioether (sulfide) groups is 1. The van der Waals surface area contributed by atoms with Crippen LogP contribution in [0.1, 0.15) is 45.6 Å². The summed E-state index contributed by atoms with van der Waals surface area (Å²) in [5, 5.41) is 15.8. The van der Waals surface area contributed by atoms with E-state index in [9.17, 15) is 24.3 Å². The number of fused-ring (bicyclic) bond motifs is 1. The number of hydrogen-bond acceptors (Lipinski definition) is 6. The van der Waals surface area contributed by atoms with Gasteiger partial charge >= 0.3 is 12.1 Å². The van der Waals surface area contributed by atoms with Crippen molar-refractivity contribution in [3.63, 3.8) is 0 Å². The summed E-state index contributed by atoms with van der Waals surface area (Å²) in [6.07, 6.45) is 4.52. The highest BCUT2D eigenvalue weighted by molar-refractivity contribution is 7.98. The number of nitrogens with one attached hydrogen (secondary N) is 3. The zero-order valence-electron chi connectivity index (χ0n) is 22.4. The van der Waals surface area contributed by atoms with E-state index in [4.69, 9.17) is 4.74 Å². The molecule has 1 aromatic heterocycles. The number of rotatable bonds is 10. The van der Waals surface area contributed by atoms with Crippen molar-refractivity contribution in [2.45, 2.75) is 64.1 Å². The molecule has 3 amide bonds. The topological polar surface area (TPSA) is 141 Å². The first-order valence-corrected chi connectivity index (χ1v) is 14.2. The van der Waals surface area contributed by atoms with Gasteiger partial charge in [0.05, 0.1) is 0 Å². The molecule has 0 aliphatic carbocycles. The summed E-state index contributed by atoms with van der Waals surface area (Å²) in [5.41, 5.74) is 1.12. The number of likely N-dealkylation sites (tertiary alicyclic amines) is 1. The molecule has 2 atom stereocenters. The molecule has 1 saturated heterocycles. The predicted molar refractivity (Wildman–Crippen MR) is 147 cm³/mol. The van der Waals surface area contributed by atoms with Gasteiger partial charge in [0.2, 0.25) is 11.8 Å². The first-order chi connectivity index (χ1) is 18.0. The van der Waals surface area contributed by atoms with Crippen molar-refractivity contribution >= 4 is 46.5 Å². The Morgan fingerprint density at radius 1 is 1.13 bits per heavy atom. The SMILES string of the molecule is CSCCC(NC(=O)C1CCN(C(=O)C(Cc2c[nH]c3ccccc23)NC(=O)OC(C)(C)C)CC1)C(=O)O. The third kappa shape index (κ3) is 8.14. The van der Waals surface area contributed by atoms with E-state index in [-0.39, 0.29) is 24.2 Å². The summed E-state index contributed by atoms with van der Waals surface area (Å²) < 4.78 is 5.41. The van der Waals surface area contributed by atoms with Crippen LogP contribution in [0.25, 0.3) is 10.9 Å². The number of piperidine rings is 1. The Labute approximate surface area is 227 Å². The molecule has 1 fully saturated rings. The van der Waals surface area contributed by atoms with E-state index < -0.39 is 29.7 Å². The van der Waals surface area contributed by atoms with Gasteiger partial charge in [0, 0.05) is 42.5 Å². The second kappa shape index (κ2) is 13.0. The number of aromatic nitrogens is 1. The molecule has 38 heavy (non-hydrogen) atoms. The van der Waals surface area contributed by atoms with Crippen molar-refractivity contribution in [1.82, 2.24) is 20.5 Å². The summed E-state index contributed by atoms with van der Waals surface area (Å²) in [7, 11) is 0. The number of aromatic amines is 1. The number of carboxylic acids is 1. The van der Waals surface area contributed by atoms with Crippen molar-refractivity contribution < 1.29 is 29.0 Å². The van der Waals surface area contributed by atoms with Crippen LogP contribution in [0.5, 0.6) is 0 Å². The number of alkyl carbamates (subject to hydrolysis) is 1. The minimum atomic E-state index is -1.05. The maximum absolute atomic E-state index is 13.6. The third-order valence-electron chi connectivity index (χ3n) is 6.49. The fourth-order valence-corrected chi connectivity index (χ4v) is 5.01. The largest absolute Gasteiger partial charge is 0.480 e. The Morgan fingerprint density at radius 2 is 1.82 bits per heavy atom. The molecular weight excluding hydrogens is 508 g/mol. The number of amides is 3. The van der Waals surface area contributed by atoms with E-state index in [1.54, 1.807) is 25.7 Å². The first kappa shape index (κ1) is 29.3. The Bertz CT molecular complexity index is 1140. The number of ether oxygens (including phenoxy) is 1. The lowest BCUT2D eigenvalue weighted by Crippen LogP contribution is -2.53. The number of H-pyrrole nitrogens is 1. The van der Waals surface area contributed by atoms with Crippen molar-refractivity contribution in [3.05, 3.63) is 36.0 Å². The lowest BCUT2D eigenvalue weighted by molar-refractivity contribution is -0.143. The van der Waals surface area contributed by atoms with E-state index in [0.29, 0.717) is 38.1 Å². The van der Waals surface area contributed by atoms with Gasteiger partial charge in [-0.15, -0.1) is 0 Å². The zero-order valence-corrected chi connectivity index (χ0v) is 23.2. The number of benzene rings is 1. The van der Waals surface area contributed by atoms with E-state index in [1.807, 2.05) is 36.7 Å². The highest BCUT2D eigenvalue weighted by Crippen LogP contribution is 2.22. The Morgan fingerprint density at radius 3 is 2.45 bits per heavy atom. The molecule has 10 nitrogen and oxygen atoms in total. The maximum Gasteiger partial charge on any atom is 0.408 e. The van der Waals surface area contributed by atoms with Crippen LogP contribution in [0.2, 0.25) is 0 Å². The average molecular weight is 547 g/mol. The van der Waals surface area contributed by atoms with Gasteiger partial charge in [0.25, 0.3) is 0 Å². The molecule has 0 radical (unpaired) electrons. The van der Waals surface area contributed by atoms with Gasteiger partial charge in [-0.3, -0.25) is 9.59 Å². The molecule has 1 aliphatic rings. The lowest BCUT2D eigenvalue weighted by Gasteiger charge is -2.34. The Balaban J connectivity index is 1.67. The van der Waals surface area contributed by atoms with Gasteiger partial charge in [0.15, 0.2) is 0 Å². The number of para-hydroxylation sites is 1. The van der Waals surface area contributed by atoms with E-state index in [2.05, 4.69) is 15.6 Å². The molecule has 4 N–H and O–H groups in total. The van der Waals surface area contributed by atoms with Crippen LogP contribution in [0.3, 0.4) is 0 Å². The van der Waals surface area contributed by atoms with Gasteiger partial charge in [0.1, 0.15) is 17.7 Å². The highest BCUT2D eigenvalue weighted by atomic mass is 32.2. The van der Waals surface area contributed by atoms with Gasteiger partial charge in [-0.05, 0) is 63.7 Å². The molecule has 2 unspecified atom stereocenters. The van der Waals surface area contributed by atoms with Crippen LogP contribution in [-0.4, -0.2) is 81.7 Å². The van der Waals surface area contributed by atoms with Gasteiger partial charge in [-0.25, -0.2) is 9.59 Å². The molecule has 11 heteroatoms. The number of carboxylic acid groups (broad SMARTS) is 1. The maximum atomic E-state index is 13.6. The van der Waals surface area contributed by atoms with E-state index in [1.165, 1.54) is 11.8 Å². The van der Waals surface area contributed by atoms with E-state index in [0.717, 1.165) is 16.5 Å². The minimum Gasteiger partial charge on any atom is -0.480 e. The molecule has 0 spiro atoms. The second-order valence-corrected chi connectivity index (χ2v) is 11.5. The minimum absolute atomic E-state index is 0.247. The monoisotopic (exact) mass is 546 g/mol. The van der Waals surface area contributed by atoms with Crippen molar-refractivity contribution in [3.8, 4) is 0 Å². The first-order valence-electron chi connectivity index (χ1n) is 12.8. The van der Waals surface area contributed by atoms with Crippen LogP contribution in [0, 0.1) is 5.92 Å². The summed E-state index contributed by atoms with van der Waals surface area (Å²) in [6.45, 7) is 5.94. The van der Waals surface area contributed by atoms with Gasteiger partial charge < -0.3 is 30.4 Å². The van der Waals surface area contributed by atoms with Crippen LogP contribution in [0.15, 0.2) is 30.5 Å². The zero-order chi connectivity index (χ0) is 27.9. The average Bonchev–Trinajstić information content (AvgIpc) is 3.27. The fraction of sp³-hybridized carbons (Fsp3) is 0.556. The second-order valence-electron chi connectivity index (χ2n) is 10.5. The number of nitrogens with zero attached hydrogens (tertiary/aromatic N) is 1. The van der Waals surface area contributed by atoms with Crippen LogP contribution < -0.4 is 10.6 Å².